The number of fused-ring (bicyclic) bond motifs is 1. The summed E-state index contributed by atoms with van der Waals surface area (Å²) in [5, 5.41) is 7.22. The van der Waals surface area contributed by atoms with Crippen molar-refractivity contribution in [3.63, 3.8) is 0 Å². The van der Waals surface area contributed by atoms with Gasteiger partial charge in [-0.3, -0.25) is 4.99 Å². The van der Waals surface area contributed by atoms with Gasteiger partial charge in [0.2, 0.25) is 0 Å². The molecule has 2 aromatic rings. The van der Waals surface area contributed by atoms with Crippen LogP contribution in [0.5, 0.6) is 0 Å². The van der Waals surface area contributed by atoms with Gasteiger partial charge in [0.1, 0.15) is 5.84 Å². The van der Waals surface area contributed by atoms with E-state index < -0.39 is 0 Å². The van der Waals surface area contributed by atoms with Crippen molar-refractivity contribution in [3.05, 3.63) is 65.2 Å². The second kappa shape index (κ2) is 7.83. The van der Waals surface area contributed by atoms with Crippen LogP contribution in [0.2, 0.25) is 0 Å². The predicted molar refractivity (Wildman–Crippen MR) is 113 cm³/mol. The van der Waals surface area contributed by atoms with Crippen LogP contribution in [0, 0.1) is 5.41 Å². The number of anilines is 1. The summed E-state index contributed by atoms with van der Waals surface area (Å²) in [4.78, 5) is 7.37. The molecule has 2 aromatic carbocycles. The fourth-order valence-electron chi connectivity index (χ4n) is 4.40. The highest BCUT2D eigenvalue weighted by atomic mass is 15.1. The number of hydrogen-bond acceptors (Lipinski definition) is 3. The fourth-order valence-corrected chi connectivity index (χ4v) is 4.40. The summed E-state index contributed by atoms with van der Waals surface area (Å²) in [6, 6.07) is 17.4. The van der Waals surface area contributed by atoms with Crippen LogP contribution in [0.25, 0.3) is 0 Å². The minimum Gasteiger partial charge on any atom is -0.343 e. The van der Waals surface area contributed by atoms with Gasteiger partial charge in [-0.1, -0.05) is 42.5 Å². The van der Waals surface area contributed by atoms with Crippen molar-refractivity contribution >= 4 is 11.5 Å². The minimum atomic E-state index is 0.149. The van der Waals surface area contributed by atoms with Crippen LogP contribution in [0.15, 0.2) is 53.5 Å². The van der Waals surface area contributed by atoms with Gasteiger partial charge in [0.25, 0.3) is 0 Å². The molecule has 2 N–H and O–H groups in total. The molecule has 142 valence electrons. The Kier molecular flexibility index (Phi) is 5.28. The van der Waals surface area contributed by atoms with Crippen molar-refractivity contribution in [1.29, 1.82) is 0 Å². The van der Waals surface area contributed by atoms with E-state index in [1.54, 1.807) is 0 Å². The SMILES string of the molecule is CN(C)Cc1ccccc1CN=C1Nc2ccccc2CC12CCNCC2. The molecule has 4 heteroatoms. The highest BCUT2D eigenvalue weighted by molar-refractivity contribution is 6.02. The van der Waals surface area contributed by atoms with E-state index in [9.17, 15) is 0 Å². The van der Waals surface area contributed by atoms with E-state index in [0.29, 0.717) is 0 Å². The number of hydrogen-bond donors (Lipinski definition) is 2. The molecule has 0 bridgehead atoms. The number of nitrogens with zero attached hydrogens (tertiary/aromatic N) is 2. The topological polar surface area (TPSA) is 39.7 Å². The first-order chi connectivity index (χ1) is 13.2. The van der Waals surface area contributed by atoms with Gasteiger partial charge < -0.3 is 15.5 Å². The lowest BCUT2D eigenvalue weighted by molar-refractivity contribution is 0.293. The quantitative estimate of drug-likeness (QED) is 0.871. The van der Waals surface area contributed by atoms with Gasteiger partial charge >= 0.3 is 0 Å². The summed E-state index contributed by atoms with van der Waals surface area (Å²) >= 11 is 0. The Bertz CT molecular complexity index is 819. The van der Waals surface area contributed by atoms with Crippen molar-refractivity contribution in [2.24, 2.45) is 10.4 Å². The van der Waals surface area contributed by atoms with Crippen molar-refractivity contribution in [3.8, 4) is 0 Å². The Labute approximate surface area is 162 Å². The Morgan fingerprint density at radius 3 is 2.44 bits per heavy atom. The molecular weight excluding hydrogens is 332 g/mol. The van der Waals surface area contributed by atoms with Gasteiger partial charge in [-0.2, -0.15) is 0 Å². The van der Waals surface area contributed by atoms with Crippen molar-refractivity contribution < 1.29 is 0 Å². The molecule has 2 aliphatic rings. The van der Waals surface area contributed by atoms with Gasteiger partial charge in [0.15, 0.2) is 0 Å². The van der Waals surface area contributed by atoms with Crippen LogP contribution >= 0.6 is 0 Å². The molecule has 1 fully saturated rings. The summed E-state index contributed by atoms with van der Waals surface area (Å²) in [7, 11) is 4.23. The molecule has 0 unspecified atom stereocenters. The number of nitrogens with one attached hydrogen (secondary N) is 2. The number of piperidine rings is 1. The minimum absolute atomic E-state index is 0.149. The smallest absolute Gasteiger partial charge is 0.108 e. The lowest BCUT2D eigenvalue weighted by Gasteiger charge is -2.43. The molecule has 0 aliphatic carbocycles. The maximum Gasteiger partial charge on any atom is 0.108 e. The lowest BCUT2D eigenvalue weighted by Crippen LogP contribution is -2.48. The largest absolute Gasteiger partial charge is 0.343 e. The average Bonchev–Trinajstić information content (AvgIpc) is 2.67. The number of para-hydroxylation sites is 1. The molecule has 1 saturated heterocycles. The molecule has 2 heterocycles. The molecule has 0 amide bonds. The molecule has 0 saturated carbocycles. The molecule has 4 nitrogen and oxygen atoms in total. The van der Waals surface area contributed by atoms with E-state index in [4.69, 9.17) is 4.99 Å². The van der Waals surface area contributed by atoms with Crippen molar-refractivity contribution in [2.75, 3.05) is 32.5 Å². The first-order valence-corrected chi connectivity index (χ1v) is 9.98. The normalized spacial score (nSPS) is 19.9. The van der Waals surface area contributed by atoms with Crippen LogP contribution in [0.3, 0.4) is 0 Å². The molecule has 27 heavy (non-hydrogen) atoms. The first-order valence-electron chi connectivity index (χ1n) is 9.98. The van der Waals surface area contributed by atoms with Crippen LogP contribution in [0.1, 0.15) is 29.5 Å². The molecule has 0 radical (unpaired) electrons. The summed E-state index contributed by atoms with van der Waals surface area (Å²) in [6.07, 6.45) is 3.38. The van der Waals surface area contributed by atoms with E-state index >= 15 is 0 Å². The third kappa shape index (κ3) is 3.92. The maximum atomic E-state index is 5.16. The van der Waals surface area contributed by atoms with Crippen molar-refractivity contribution in [1.82, 2.24) is 10.2 Å². The number of rotatable bonds is 4. The van der Waals surface area contributed by atoms with Gasteiger partial charge in [-0.25, -0.2) is 0 Å². The van der Waals surface area contributed by atoms with Crippen molar-refractivity contribution in [2.45, 2.75) is 32.4 Å². The summed E-state index contributed by atoms with van der Waals surface area (Å²) in [5.41, 5.74) is 5.48. The van der Waals surface area contributed by atoms with Crippen LogP contribution < -0.4 is 10.6 Å². The molecule has 2 aliphatic heterocycles. The fraction of sp³-hybridized carbons (Fsp3) is 0.435. The third-order valence-corrected chi connectivity index (χ3v) is 5.87. The summed E-state index contributed by atoms with van der Waals surface area (Å²) in [5.74, 6) is 1.18. The molecule has 1 spiro atoms. The van der Waals surface area contributed by atoms with E-state index in [1.165, 1.54) is 28.2 Å². The summed E-state index contributed by atoms with van der Waals surface area (Å²) in [6.45, 7) is 3.83. The number of amidine groups is 1. The molecule has 0 aromatic heterocycles. The summed E-state index contributed by atoms with van der Waals surface area (Å²) < 4.78 is 0. The standard InChI is InChI=1S/C23H30N4/c1-27(2)17-20-9-4-3-8-19(20)16-25-22-23(11-13-24-14-12-23)15-18-7-5-6-10-21(18)26-22/h3-10,24H,11-17H2,1-2H3,(H,25,26). The van der Waals surface area contributed by atoms with E-state index in [2.05, 4.69) is 78.2 Å². The zero-order valence-corrected chi connectivity index (χ0v) is 16.5. The monoisotopic (exact) mass is 362 g/mol. The van der Waals surface area contributed by atoms with Crippen LogP contribution in [-0.4, -0.2) is 37.9 Å². The maximum absolute atomic E-state index is 5.16. The first kappa shape index (κ1) is 18.2. The number of benzene rings is 2. The second-order valence-corrected chi connectivity index (χ2v) is 8.16. The van der Waals surface area contributed by atoms with Gasteiger partial charge in [-0.05, 0) is 69.2 Å². The molecule has 0 atom stereocenters. The highest BCUT2D eigenvalue weighted by Gasteiger charge is 2.40. The van der Waals surface area contributed by atoms with E-state index in [-0.39, 0.29) is 5.41 Å². The van der Waals surface area contributed by atoms with Crippen LogP contribution in [-0.2, 0) is 19.5 Å². The van der Waals surface area contributed by atoms with E-state index in [1.807, 2.05) is 0 Å². The Morgan fingerprint density at radius 1 is 0.963 bits per heavy atom. The highest BCUT2D eigenvalue weighted by Crippen LogP contribution is 2.40. The number of aliphatic imine (C=N–C) groups is 1. The Balaban J connectivity index is 1.64. The van der Waals surface area contributed by atoms with Gasteiger partial charge in [0.05, 0.1) is 6.54 Å². The predicted octanol–water partition coefficient (Wildman–Crippen LogP) is 3.68. The molecule has 4 rings (SSSR count). The zero-order chi connectivity index (χ0) is 18.7. The molecular formula is C23H30N4. The average molecular weight is 363 g/mol. The van der Waals surface area contributed by atoms with Gasteiger partial charge in [-0.15, -0.1) is 0 Å². The Morgan fingerprint density at radius 2 is 1.67 bits per heavy atom. The third-order valence-electron chi connectivity index (χ3n) is 5.87. The van der Waals surface area contributed by atoms with Gasteiger partial charge in [0, 0.05) is 17.6 Å². The van der Waals surface area contributed by atoms with E-state index in [0.717, 1.165) is 45.4 Å². The van der Waals surface area contributed by atoms with Crippen LogP contribution in [0.4, 0.5) is 5.69 Å². The zero-order valence-electron chi connectivity index (χ0n) is 16.5. The lowest BCUT2D eigenvalue weighted by atomic mass is 9.71. The Hall–Kier alpha value is -2.17. The second-order valence-electron chi connectivity index (χ2n) is 8.16.